The van der Waals surface area contributed by atoms with Crippen molar-refractivity contribution in [3.63, 3.8) is 0 Å². The van der Waals surface area contributed by atoms with Gasteiger partial charge in [0.05, 0.1) is 25.8 Å². The quantitative estimate of drug-likeness (QED) is 0.715. The van der Waals surface area contributed by atoms with Crippen molar-refractivity contribution >= 4 is 32.9 Å². The Morgan fingerprint density at radius 1 is 0.909 bits per heavy atom. The monoisotopic (exact) mass is 315 g/mol. The van der Waals surface area contributed by atoms with E-state index < -0.39 is 0 Å². The standard InChI is InChI=1S/C18H25N3S/c1-5-20(6-2)13-9-10-14-16(11-13)22-17-12-15(18(17)19-14)21(7-3)8-4/h9-12,19H,5-8H2,1-4H3. The lowest BCUT2D eigenvalue weighted by Gasteiger charge is -2.24. The van der Waals surface area contributed by atoms with Crippen molar-refractivity contribution < 1.29 is 0 Å². The Labute approximate surface area is 136 Å². The van der Waals surface area contributed by atoms with Crippen LogP contribution in [-0.2, 0) is 0 Å². The predicted molar refractivity (Wildman–Crippen MR) is 98.6 cm³/mol. The largest absolute Gasteiger partial charge is 0.372 e. The average molecular weight is 315 g/mol. The van der Waals surface area contributed by atoms with E-state index in [2.05, 4.69) is 66.7 Å². The van der Waals surface area contributed by atoms with E-state index in [-0.39, 0.29) is 0 Å². The molecule has 118 valence electrons. The first-order valence-electron chi connectivity index (χ1n) is 8.26. The van der Waals surface area contributed by atoms with Crippen LogP contribution in [-0.4, -0.2) is 31.2 Å². The first-order chi connectivity index (χ1) is 10.7. The van der Waals surface area contributed by atoms with Crippen LogP contribution in [0, 0.1) is 9.88 Å². The molecule has 2 aliphatic rings. The number of hydrogen-bond donors (Lipinski definition) is 1. The average Bonchev–Trinajstić information content (AvgIpc) is 2.54. The summed E-state index contributed by atoms with van der Waals surface area (Å²) < 4.78 is 2.70. The zero-order chi connectivity index (χ0) is 15.7. The highest BCUT2D eigenvalue weighted by Gasteiger charge is 2.12. The molecule has 0 saturated heterocycles. The van der Waals surface area contributed by atoms with Gasteiger partial charge in [0.1, 0.15) is 0 Å². The number of aromatic amines is 1. The zero-order valence-corrected chi connectivity index (χ0v) is 14.8. The van der Waals surface area contributed by atoms with Crippen molar-refractivity contribution in [3.05, 3.63) is 34.1 Å². The van der Waals surface area contributed by atoms with E-state index in [4.69, 9.17) is 0 Å². The molecule has 1 aromatic rings. The Morgan fingerprint density at radius 2 is 1.59 bits per heavy atom. The summed E-state index contributed by atoms with van der Waals surface area (Å²) in [5.41, 5.74) is 3.90. The third kappa shape index (κ3) is 2.45. The number of fused-ring (bicyclic) bond motifs is 1. The van der Waals surface area contributed by atoms with E-state index in [1.54, 1.807) is 0 Å². The van der Waals surface area contributed by atoms with E-state index in [9.17, 15) is 0 Å². The second-order valence-corrected chi connectivity index (χ2v) is 6.60. The van der Waals surface area contributed by atoms with Gasteiger partial charge in [-0.2, -0.15) is 0 Å². The lowest BCUT2D eigenvalue weighted by Crippen LogP contribution is -2.23. The summed E-state index contributed by atoms with van der Waals surface area (Å²) >= 11 is 1.89. The fraction of sp³-hybridized carbons (Fsp3) is 0.444. The van der Waals surface area contributed by atoms with Gasteiger partial charge in [-0.05, 0) is 52.0 Å². The smallest absolute Gasteiger partial charge is 0.0798 e. The van der Waals surface area contributed by atoms with Crippen LogP contribution in [0.3, 0.4) is 0 Å². The molecule has 1 aliphatic heterocycles. The Hall–Kier alpha value is -1.68. The highest BCUT2D eigenvalue weighted by molar-refractivity contribution is 7.16. The van der Waals surface area contributed by atoms with Crippen LogP contribution in [0.4, 0.5) is 11.4 Å². The van der Waals surface area contributed by atoms with Crippen molar-refractivity contribution in [2.45, 2.75) is 27.7 Å². The van der Waals surface area contributed by atoms with Crippen LogP contribution in [0.2, 0.25) is 0 Å². The summed E-state index contributed by atoms with van der Waals surface area (Å²) in [5, 5.41) is 1.30. The number of rotatable bonds is 6. The normalized spacial score (nSPS) is 11.5. The summed E-state index contributed by atoms with van der Waals surface area (Å²) in [5.74, 6) is 0. The van der Waals surface area contributed by atoms with Gasteiger partial charge in [-0.15, -0.1) is 11.3 Å². The number of benzene rings is 1. The van der Waals surface area contributed by atoms with Crippen molar-refractivity contribution in [1.29, 1.82) is 0 Å². The number of H-pyrrole nitrogens is 1. The van der Waals surface area contributed by atoms with Crippen LogP contribution in [0.15, 0.2) is 24.3 Å². The molecule has 0 amide bonds. The molecule has 4 heteroatoms. The minimum absolute atomic E-state index is 1.05. The van der Waals surface area contributed by atoms with Gasteiger partial charge in [-0.3, -0.25) is 0 Å². The molecule has 0 atom stereocenters. The molecule has 1 N–H and O–H groups in total. The highest BCUT2D eigenvalue weighted by Crippen LogP contribution is 2.30. The minimum Gasteiger partial charge on any atom is -0.372 e. The Balaban J connectivity index is 2.07. The molecule has 1 aromatic carbocycles. The molecule has 0 radical (unpaired) electrons. The van der Waals surface area contributed by atoms with Crippen LogP contribution >= 0.6 is 11.3 Å². The molecular weight excluding hydrogens is 290 g/mol. The topological polar surface area (TPSA) is 22.3 Å². The van der Waals surface area contributed by atoms with E-state index in [0.29, 0.717) is 0 Å². The summed E-state index contributed by atoms with van der Waals surface area (Å²) in [7, 11) is 0. The molecule has 0 fully saturated rings. The predicted octanol–water partition coefficient (Wildman–Crippen LogP) is 4.65. The molecule has 3 rings (SSSR count). The van der Waals surface area contributed by atoms with E-state index in [1.165, 1.54) is 31.5 Å². The van der Waals surface area contributed by atoms with Gasteiger partial charge in [0, 0.05) is 31.9 Å². The van der Waals surface area contributed by atoms with Gasteiger partial charge in [0.2, 0.25) is 0 Å². The maximum absolute atomic E-state index is 3.63. The van der Waals surface area contributed by atoms with Crippen LogP contribution in [0.1, 0.15) is 27.7 Å². The van der Waals surface area contributed by atoms with Crippen molar-refractivity contribution in [1.82, 2.24) is 4.98 Å². The van der Waals surface area contributed by atoms with Crippen molar-refractivity contribution in [2.24, 2.45) is 0 Å². The number of anilines is 2. The molecule has 1 aliphatic carbocycles. The molecule has 0 spiro atoms. The number of nitrogens with one attached hydrogen (secondary N) is 1. The molecule has 0 unspecified atom stereocenters. The second-order valence-electron chi connectivity index (χ2n) is 5.52. The summed E-state index contributed by atoms with van der Waals surface area (Å²) in [6, 6.07) is 9.07. The van der Waals surface area contributed by atoms with Gasteiger partial charge in [0.15, 0.2) is 0 Å². The first-order valence-corrected chi connectivity index (χ1v) is 9.08. The molecule has 0 bridgehead atoms. The lowest BCUT2D eigenvalue weighted by molar-refractivity contribution is 0.854. The molecule has 3 nitrogen and oxygen atoms in total. The molecule has 0 aromatic heterocycles. The van der Waals surface area contributed by atoms with E-state index in [0.717, 1.165) is 26.2 Å². The summed E-state index contributed by atoms with van der Waals surface area (Å²) in [4.78, 5) is 8.42. The highest BCUT2D eigenvalue weighted by atomic mass is 32.1. The van der Waals surface area contributed by atoms with Crippen LogP contribution in [0.5, 0.6) is 0 Å². The first kappa shape index (κ1) is 15.2. The molecule has 22 heavy (non-hydrogen) atoms. The number of aromatic nitrogens is 1. The fourth-order valence-corrected chi connectivity index (χ4v) is 4.15. The second kappa shape index (κ2) is 6.21. The third-order valence-electron chi connectivity index (χ3n) is 4.45. The maximum atomic E-state index is 3.63. The summed E-state index contributed by atoms with van der Waals surface area (Å²) in [6.07, 6.45) is 0. The van der Waals surface area contributed by atoms with Gasteiger partial charge < -0.3 is 14.8 Å². The van der Waals surface area contributed by atoms with E-state index >= 15 is 0 Å². The minimum atomic E-state index is 1.05. The van der Waals surface area contributed by atoms with Gasteiger partial charge in [-0.25, -0.2) is 0 Å². The fourth-order valence-electron chi connectivity index (χ4n) is 3.07. The van der Waals surface area contributed by atoms with Crippen molar-refractivity contribution in [2.75, 3.05) is 36.0 Å². The van der Waals surface area contributed by atoms with Gasteiger partial charge in [0.25, 0.3) is 0 Å². The van der Waals surface area contributed by atoms with Crippen LogP contribution < -0.4 is 9.80 Å². The van der Waals surface area contributed by atoms with Crippen LogP contribution in [0.25, 0.3) is 10.2 Å². The Morgan fingerprint density at radius 3 is 2.23 bits per heavy atom. The molecule has 0 saturated carbocycles. The maximum Gasteiger partial charge on any atom is 0.0798 e. The molecule has 1 heterocycles. The van der Waals surface area contributed by atoms with Gasteiger partial charge in [-0.1, -0.05) is 0 Å². The van der Waals surface area contributed by atoms with Gasteiger partial charge >= 0.3 is 0 Å². The third-order valence-corrected chi connectivity index (χ3v) is 5.55. The zero-order valence-electron chi connectivity index (χ0n) is 13.9. The number of nitrogens with zero attached hydrogens (tertiary/aromatic N) is 2. The number of hydrogen-bond acceptors (Lipinski definition) is 3. The lowest BCUT2D eigenvalue weighted by atomic mass is 10.2. The molecular formula is C18H25N3S. The Kier molecular flexibility index (Phi) is 4.30. The summed E-state index contributed by atoms with van der Waals surface area (Å²) in [6.45, 7) is 13.0. The van der Waals surface area contributed by atoms with E-state index in [1.807, 2.05) is 11.3 Å². The SMILES string of the molecule is CCN(CC)c1ccc2[nH]c3c(N(CC)CC)cc=3sc2c1. The Bertz CT molecular complexity index is 809. The van der Waals surface area contributed by atoms with Crippen molar-refractivity contribution in [3.8, 4) is 0 Å².